The van der Waals surface area contributed by atoms with Crippen LogP contribution in [-0.4, -0.2) is 54.8 Å². The topological polar surface area (TPSA) is 180 Å². The number of thiazole rings is 5. The molecule has 1 saturated carbocycles. The van der Waals surface area contributed by atoms with Gasteiger partial charge in [-0.1, -0.05) is 85.3 Å². The number of nitrogens with zero attached hydrogens (tertiary/aromatic N) is 12. The molecule has 13 nitrogen and oxygen atoms in total. The van der Waals surface area contributed by atoms with Crippen LogP contribution in [0.4, 0.5) is 8.78 Å². The number of pyridine rings is 5. The van der Waals surface area contributed by atoms with Crippen molar-refractivity contribution in [2.24, 2.45) is 0 Å². The molecular formula is C91H70ClF2N13S5. The number of fused-ring (bicyclic) bond motifs is 1. The number of benzene rings is 4. The SMILES string of the molecule is Cc1cc(C#N)cc(-c2ccc(C#Cc3csc(C)n3)c[nH+]2)c1.Cc1nc(C#Cc2ccc(-c3c(C)cccc3C)nc2)cs1.Cc1nc(C#Cc2ccc(-c3ccc(F)cc3F)nc2)cs1.Cc1nc(C#Cc2ccc(-c3cccc4ncccc34)nc2)cs1.Cc1nc(C#Cc2cnc(C3CCCCC3)nc2)cs1.[Cl-]. The molecule has 1 fully saturated rings. The zero-order valence-corrected chi connectivity index (χ0v) is 67.1. The lowest BCUT2D eigenvalue weighted by atomic mass is 9.89. The molecule has 11 aromatic heterocycles. The number of aromatic nitrogens is 12. The maximum absolute atomic E-state index is 13.7. The van der Waals surface area contributed by atoms with Crippen molar-refractivity contribution in [2.75, 3.05) is 0 Å². The summed E-state index contributed by atoms with van der Waals surface area (Å²) in [6, 6.07) is 43.2. The molecule has 16 rings (SSSR count). The van der Waals surface area contributed by atoms with Gasteiger partial charge in [-0.15, -0.1) is 56.7 Å². The second-order valence-corrected chi connectivity index (χ2v) is 30.7. The quantitative estimate of drug-likeness (QED) is 0.149. The molecule has 0 amide bonds. The van der Waals surface area contributed by atoms with Crippen LogP contribution >= 0.6 is 56.7 Å². The Kier molecular flexibility index (Phi) is 28.6. The van der Waals surface area contributed by atoms with Gasteiger partial charge in [0.25, 0.3) is 0 Å². The molecule has 0 spiro atoms. The molecule has 1 aliphatic carbocycles. The molecule has 4 aromatic carbocycles. The number of H-pyrrole nitrogens is 1. The fourth-order valence-corrected chi connectivity index (χ4v) is 14.3. The van der Waals surface area contributed by atoms with Crippen molar-refractivity contribution in [1.82, 2.24) is 54.8 Å². The Hall–Kier alpha value is -12.4. The monoisotopic (exact) mass is 1580 g/mol. The van der Waals surface area contributed by atoms with Gasteiger partial charge in [0.15, 0.2) is 6.20 Å². The van der Waals surface area contributed by atoms with Crippen LogP contribution in [0, 0.1) is 138 Å². The molecule has 0 aliphatic heterocycles. The van der Waals surface area contributed by atoms with Crippen LogP contribution in [0.15, 0.2) is 204 Å². The van der Waals surface area contributed by atoms with E-state index in [1.54, 1.807) is 87.4 Å². The van der Waals surface area contributed by atoms with Crippen LogP contribution < -0.4 is 17.4 Å². The van der Waals surface area contributed by atoms with Crippen molar-refractivity contribution in [3.05, 3.63) is 325 Å². The summed E-state index contributed by atoms with van der Waals surface area (Å²) in [5.74, 6) is 30.8. The van der Waals surface area contributed by atoms with Crippen LogP contribution in [0.2, 0.25) is 0 Å². The summed E-state index contributed by atoms with van der Waals surface area (Å²) in [7, 11) is 0. The Labute approximate surface area is 677 Å². The summed E-state index contributed by atoms with van der Waals surface area (Å²) in [6.07, 6.45) is 19.0. The summed E-state index contributed by atoms with van der Waals surface area (Å²) >= 11 is 7.97. The van der Waals surface area contributed by atoms with Crippen LogP contribution in [0.3, 0.4) is 0 Å². The molecule has 550 valence electrons. The number of nitriles is 1. The minimum absolute atomic E-state index is 0. The van der Waals surface area contributed by atoms with Crippen LogP contribution in [0.5, 0.6) is 0 Å². The van der Waals surface area contributed by atoms with Gasteiger partial charge < -0.3 is 12.4 Å². The molecule has 112 heavy (non-hydrogen) atoms. The van der Waals surface area contributed by atoms with Gasteiger partial charge in [0.2, 0.25) is 5.69 Å². The highest BCUT2D eigenvalue weighted by Crippen LogP contribution is 2.32. The molecule has 0 unspecified atom stereocenters. The van der Waals surface area contributed by atoms with Crippen molar-refractivity contribution < 1.29 is 26.2 Å². The second kappa shape index (κ2) is 39.8. The predicted octanol–water partition coefficient (Wildman–Crippen LogP) is 17.4. The molecule has 0 bridgehead atoms. The minimum atomic E-state index is -0.635. The van der Waals surface area contributed by atoms with E-state index in [0.717, 1.165) is 132 Å². The van der Waals surface area contributed by atoms with Crippen LogP contribution in [0.25, 0.3) is 55.9 Å². The van der Waals surface area contributed by atoms with E-state index in [1.165, 1.54) is 60.9 Å². The number of hydrogen-bond acceptors (Lipinski definition) is 17. The third-order valence-electron chi connectivity index (χ3n) is 16.9. The number of aryl methyl sites for hydroxylation is 8. The Morgan fingerprint density at radius 3 is 1.33 bits per heavy atom. The van der Waals surface area contributed by atoms with Crippen molar-refractivity contribution >= 4 is 67.6 Å². The Bertz CT molecular complexity index is 6110. The van der Waals surface area contributed by atoms with Gasteiger partial charge in [0, 0.05) is 126 Å². The van der Waals surface area contributed by atoms with E-state index >= 15 is 0 Å². The Morgan fingerprint density at radius 1 is 0.411 bits per heavy atom. The highest BCUT2D eigenvalue weighted by atomic mass is 35.5. The average molecular weight is 1580 g/mol. The van der Waals surface area contributed by atoms with Crippen molar-refractivity contribution in [3.8, 4) is 110 Å². The lowest BCUT2D eigenvalue weighted by Gasteiger charge is -2.19. The summed E-state index contributed by atoms with van der Waals surface area (Å²) in [4.78, 5) is 51.5. The summed E-state index contributed by atoms with van der Waals surface area (Å²) in [5, 5.41) is 25.0. The molecule has 1 N–H and O–H groups in total. The first kappa shape index (κ1) is 80.6. The summed E-state index contributed by atoms with van der Waals surface area (Å²) in [6.45, 7) is 16.0. The first-order chi connectivity index (χ1) is 54.0. The fraction of sp³-hybridized carbons (Fsp3) is 0.154. The summed E-state index contributed by atoms with van der Waals surface area (Å²) in [5.41, 5.74) is 20.2. The summed E-state index contributed by atoms with van der Waals surface area (Å²) < 4.78 is 26.6. The number of hydrogen-bond donors (Lipinski definition) is 0. The van der Waals surface area contributed by atoms with Gasteiger partial charge in [0.1, 0.15) is 45.9 Å². The highest BCUT2D eigenvalue weighted by Gasteiger charge is 2.18. The van der Waals surface area contributed by atoms with Crippen molar-refractivity contribution in [3.63, 3.8) is 0 Å². The number of rotatable bonds is 5. The van der Waals surface area contributed by atoms with Crippen molar-refractivity contribution in [1.29, 1.82) is 5.26 Å². The van der Waals surface area contributed by atoms with E-state index in [9.17, 15) is 8.78 Å². The lowest BCUT2D eigenvalue weighted by Crippen LogP contribution is -3.00. The number of aromatic amines is 1. The molecule has 15 aromatic rings. The second-order valence-electron chi connectivity index (χ2n) is 25.4. The van der Waals surface area contributed by atoms with Crippen LogP contribution in [-0.2, 0) is 0 Å². The molecule has 21 heteroatoms. The predicted molar refractivity (Wildman–Crippen MR) is 444 cm³/mol. The standard InChI is InChI=1S/C20H13N3S.C19H13N3S.C19H16N2S.C17H10F2N2S.C16H17N3S.ClH/c1-14-23-16(13-24-14)9-7-15-8-10-20(22-12-15)17-4-2-6-19-18(17)5-3-11-21-19;1-13-7-16(10-20)9-17(8-13)19-6-4-15(11-21-19)3-5-18-12-23-14(2)22-18;1-13-5-4-6-14(2)19(13)18-10-8-16(11-20-18)7-9-17-12-22-15(3)21-17;1-11-21-14(10-22-11)5-2-12-3-7-17(20-9-12)15-6-4-13(18)8-16(15)19;1-12-19-15(11-20-12)8-7-13-9-17-16(18-10-13)14-5-3-2-4-6-14;/h2-6,8,10-13H,1H3;4,6-9,11-12H,1-2H3;4-6,8,10-12H,1-3H3;3-4,6-10H,1H3;9-11,14H,2-6H2,1H3;1H. The van der Waals surface area contributed by atoms with Gasteiger partial charge in [-0.25, -0.2) is 48.7 Å². The fourth-order valence-electron chi connectivity index (χ4n) is 11.6. The highest BCUT2D eigenvalue weighted by molar-refractivity contribution is 7.10. The van der Waals surface area contributed by atoms with E-state index in [2.05, 4.69) is 175 Å². The molecule has 0 radical (unpaired) electrons. The van der Waals surface area contributed by atoms with Gasteiger partial charge in [-0.2, -0.15) is 5.26 Å². The van der Waals surface area contributed by atoms with E-state index in [4.69, 9.17) is 5.26 Å². The van der Waals surface area contributed by atoms with Gasteiger partial charge in [-0.05, 0) is 199 Å². The molecule has 1 aliphatic rings. The first-order valence-corrected chi connectivity index (χ1v) is 39.7. The third-order valence-corrected chi connectivity index (χ3v) is 20.8. The maximum Gasteiger partial charge on any atom is 0.210 e. The van der Waals surface area contributed by atoms with Crippen LogP contribution in [0.1, 0.15) is 147 Å². The van der Waals surface area contributed by atoms with E-state index in [1.807, 2.05) is 160 Å². The van der Waals surface area contributed by atoms with Gasteiger partial charge in [-0.3, -0.25) is 19.9 Å². The normalized spacial score (nSPS) is 11.0. The first-order valence-electron chi connectivity index (χ1n) is 35.3. The maximum atomic E-state index is 13.7. The zero-order chi connectivity index (χ0) is 77.4. The van der Waals surface area contributed by atoms with E-state index in [-0.39, 0.29) is 18.0 Å². The lowest BCUT2D eigenvalue weighted by molar-refractivity contribution is -0.364. The average Bonchev–Trinajstić information content (AvgIpc) is 1.08. The minimum Gasteiger partial charge on any atom is -1.00 e. The zero-order valence-electron chi connectivity index (χ0n) is 62.3. The Balaban J connectivity index is 0.000000138. The molecular weight excluding hydrogens is 1510 g/mol. The molecule has 0 atom stereocenters. The third kappa shape index (κ3) is 23.3. The van der Waals surface area contributed by atoms with Crippen molar-refractivity contribution in [2.45, 2.75) is 93.4 Å². The van der Waals surface area contributed by atoms with E-state index in [0.29, 0.717) is 22.7 Å². The number of halogens is 3. The van der Waals surface area contributed by atoms with E-state index < -0.39 is 11.6 Å². The Morgan fingerprint density at radius 2 is 0.875 bits per heavy atom. The molecule has 0 saturated heterocycles. The molecule has 11 heterocycles. The van der Waals surface area contributed by atoms with Gasteiger partial charge >= 0.3 is 0 Å². The number of nitrogens with one attached hydrogen (secondary N) is 1. The van der Waals surface area contributed by atoms with Gasteiger partial charge in [0.05, 0.1) is 70.4 Å². The largest absolute Gasteiger partial charge is 1.00 e. The smallest absolute Gasteiger partial charge is 0.210 e.